The first-order valence-corrected chi connectivity index (χ1v) is 6.48. The number of aromatic nitrogens is 2. The van der Waals surface area contributed by atoms with Gasteiger partial charge in [-0.05, 0) is 17.7 Å². The van der Waals surface area contributed by atoms with Gasteiger partial charge in [0.2, 0.25) is 0 Å². The van der Waals surface area contributed by atoms with Gasteiger partial charge in [-0.3, -0.25) is 0 Å². The zero-order valence-electron chi connectivity index (χ0n) is 9.75. The highest BCUT2D eigenvalue weighted by Gasteiger charge is 2.39. The van der Waals surface area contributed by atoms with Crippen LogP contribution in [0.5, 0.6) is 0 Å². The molecule has 0 radical (unpaired) electrons. The number of alkyl halides is 3. The fraction of sp³-hybridized carbons (Fsp3) is 0.167. The van der Waals surface area contributed by atoms with Crippen molar-refractivity contribution in [1.82, 2.24) is 9.78 Å². The molecule has 0 fully saturated rings. The normalized spacial score (nSPS) is 11.4. The number of rotatable bonds is 2. The first-order valence-electron chi connectivity index (χ1n) is 5.31. The van der Waals surface area contributed by atoms with Gasteiger partial charge in [-0.1, -0.05) is 39.7 Å². The summed E-state index contributed by atoms with van der Waals surface area (Å²) in [5.74, 6) is 0. The zero-order chi connectivity index (χ0) is 14.9. The molecule has 104 valence electrons. The maximum Gasteiger partial charge on any atom is 0.436 e. The van der Waals surface area contributed by atoms with E-state index in [4.69, 9.17) is 16.9 Å². The molecule has 0 aliphatic carbocycles. The van der Waals surface area contributed by atoms with E-state index in [0.29, 0.717) is 5.56 Å². The van der Waals surface area contributed by atoms with Crippen LogP contribution in [0.15, 0.2) is 28.7 Å². The van der Waals surface area contributed by atoms with Crippen molar-refractivity contribution in [1.29, 1.82) is 5.26 Å². The number of hydrogen-bond donors (Lipinski definition) is 0. The summed E-state index contributed by atoms with van der Waals surface area (Å²) >= 11 is 9.06. The second-order valence-corrected chi connectivity index (χ2v) is 5.19. The fourth-order valence-corrected chi connectivity index (χ4v) is 2.33. The SMILES string of the molecule is N#Cc1c(C(F)(F)F)nn(Cc2cccc(Br)c2)c1Cl. The van der Waals surface area contributed by atoms with Crippen LogP contribution in [0.2, 0.25) is 5.15 Å². The molecular formula is C12H6BrClF3N3. The highest BCUT2D eigenvalue weighted by Crippen LogP contribution is 2.34. The predicted octanol–water partition coefficient (Wildman–Crippen LogP) is 4.24. The van der Waals surface area contributed by atoms with Crippen LogP contribution in [0.4, 0.5) is 13.2 Å². The first-order chi connectivity index (χ1) is 9.32. The van der Waals surface area contributed by atoms with E-state index in [1.54, 1.807) is 24.3 Å². The lowest BCUT2D eigenvalue weighted by atomic mass is 10.2. The summed E-state index contributed by atoms with van der Waals surface area (Å²) in [5, 5.41) is 11.9. The van der Waals surface area contributed by atoms with Gasteiger partial charge in [-0.2, -0.15) is 23.5 Å². The number of nitriles is 1. The van der Waals surface area contributed by atoms with Crippen molar-refractivity contribution in [2.45, 2.75) is 12.7 Å². The van der Waals surface area contributed by atoms with Gasteiger partial charge >= 0.3 is 6.18 Å². The molecular weight excluding hydrogens is 359 g/mol. The van der Waals surface area contributed by atoms with Crippen LogP contribution in [0.1, 0.15) is 16.8 Å². The number of halogens is 5. The van der Waals surface area contributed by atoms with Crippen LogP contribution in [0, 0.1) is 11.3 Å². The van der Waals surface area contributed by atoms with Gasteiger partial charge in [0.25, 0.3) is 0 Å². The third-order valence-corrected chi connectivity index (χ3v) is 3.37. The Morgan fingerprint density at radius 3 is 2.60 bits per heavy atom. The molecule has 20 heavy (non-hydrogen) atoms. The van der Waals surface area contributed by atoms with Crippen molar-refractivity contribution < 1.29 is 13.2 Å². The molecule has 0 saturated heterocycles. The lowest BCUT2D eigenvalue weighted by molar-refractivity contribution is -0.141. The van der Waals surface area contributed by atoms with Gasteiger partial charge in [0.15, 0.2) is 5.69 Å². The van der Waals surface area contributed by atoms with Gasteiger partial charge in [-0.25, -0.2) is 4.68 Å². The van der Waals surface area contributed by atoms with E-state index in [1.807, 2.05) is 0 Å². The molecule has 0 saturated carbocycles. The highest BCUT2D eigenvalue weighted by molar-refractivity contribution is 9.10. The smallest absolute Gasteiger partial charge is 0.248 e. The van der Waals surface area contributed by atoms with Crippen molar-refractivity contribution in [2.24, 2.45) is 0 Å². The van der Waals surface area contributed by atoms with Crippen molar-refractivity contribution >= 4 is 27.5 Å². The largest absolute Gasteiger partial charge is 0.436 e. The molecule has 2 rings (SSSR count). The van der Waals surface area contributed by atoms with Crippen LogP contribution >= 0.6 is 27.5 Å². The summed E-state index contributed by atoms with van der Waals surface area (Å²) in [7, 11) is 0. The Kier molecular flexibility index (Phi) is 4.06. The molecule has 0 aliphatic rings. The Bertz CT molecular complexity index is 688. The highest BCUT2D eigenvalue weighted by atomic mass is 79.9. The van der Waals surface area contributed by atoms with E-state index in [-0.39, 0.29) is 11.7 Å². The molecule has 2 aromatic rings. The van der Waals surface area contributed by atoms with Gasteiger partial charge in [-0.15, -0.1) is 0 Å². The third kappa shape index (κ3) is 2.97. The Labute approximate surface area is 125 Å². The first kappa shape index (κ1) is 14.9. The van der Waals surface area contributed by atoms with Crippen LogP contribution in [0.3, 0.4) is 0 Å². The molecule has 3 nitrogen and oxygen atoms in total. The van der Waals surface area contributed by atoms with Crippen LogP contribution in [-0.4, -0.2) is 9.78 Å². The van der Waals surface area contributed by atoms with Crippen LogP contribution in [0.25, 0.3) is 0 Å². The maximum absolute atomic E-state index is 12.7. The maximum atomic E-state index is 12.7. The second kappa shape index (κ2) is 5.46. The summed E-state index contributed by atoms with van der Waals surface area (Å²) < 4.78 is 40.0. The molecule has 1 aromatic heterocycles. The average molecular weight is 365 g/mol. The van der Waals surface area contributed by atoms with Crippen molar-refractivity contribution in [3.8, 4) is 6.07 Å². The fourth-order valence-electron chi connectivity index (χ4n) is 1.65. The van der Waals surface area contributed by atoms with Crippen LogP contribution in [-0.2, 0) is 12.7 Å². The number of benzene rings is 1. The molecule has 1 heterocycles. The number of nitrogens with zero attached hydrogens (tertiary/aromatic N) is 3. The molecule has 1 aromatic carbocycles. The van der Waals surface area contributed by atoms with Gasteiger partial charge in [0.1, 0.15) is 16.8 Å². The van der Waals surface area contributed by atoms with Crippen molar-refractivity contribution in [3.63, 3.8) is 0 Å². The summed E-state index contributed by atoms with van der Waals surface area (Å²) in [6, 6.07) is 8.43. The van der Waals surface area contributed by atoms with E-state index in [9.17, 15) is 13.2 Å². The topological polar surface area (TPSA) is 41.6 Å². The Morgan fingerprint density at radius 2 is 2.10 bits per heavy atom. The van der Waals surface area contributed by atoms with E-state index in [1.165, 1.54) is 6.07 Å². The molecule has 0 amide bonds. The molecule has 0 bridgehead atoms. The number of hydrogen-bond acceptors (Lipinski definition) is 2. The molecule has 8 heteroatoms. The molecule has 0 atom stereocenters. The van der Waals surface area contributed by atoms with Gasteiger partial charge in [0, 0.05) is 4.47 Å². The lowest BCUT2D eigenvalue weighted by Gasteiger charge is -2.04. The van der Waals surface area contributed by atoms with E-state index < -0.39 is 17.4 Å². The lowest BCUT2D eigenvalue weighted by Crippen LogP contribution is -2.09. The summed E-state index contributed by atoms with van der Waals surface area (Å²) in [4.78, 5) is 0. The van der Waals surface area contributed by atoms with E-state index in [0.717, 1.165) is 9.15 Å². The van der Waals surface area contributed by atoms with E-state index in [2.05, 4.69) is 21.0 Å². The molecule has 0 unspecified atom stereocenters. The monoisotopic (exact) mass is 363 g/mol. The van der Waals surface area contributed by atoms with Gasteiger partial charge in [0.05, 0.1) is 6.54 Å². The minimum absolute atomic E-state index is 0.0447. The summed E-state index contributed by atoms with van der Waals surface area (Å²) in [6.07, 6.45) is -4.71. The van der Waals surface area contributed by atoms with Crippen molar-refractivity contribution in [2.75, 3.05) is 0 Å². The Hall–Kier alpha value is -1.52. The second-order valence-electron chi connectivity index (χ2n) is 3.91. The summed E-state index contributed by atoms with van der Waals surface area (Å²) in [6.45, 7) is 0.0447. The summed E-state index contributed by atoms with van der Waals surface area (Å²) in [5.41, 5.74) is -1.21. The van der Waals surface area contributed by atoms with Gasteiger partial charge < -0.3 is 0 Å². The molecule has 0 aliphatic heterocycles. The predicted molar refractivity (Wildman–Crippen MR) is 70.2 cm³/mol. The Balaban J connectivity index is 2.44. The molecule has 0 spiro atoms. The third-order valence-electron chi connectivity index (χ3n) is 2.49. The minimum Gasteiger partial charge on any atom is -0.248 e. The van der Waals surface area contributed by atoms with Crippen molar-refractivity contribution in [3.05, 3.63) is 50.7 Å². The van der Waals surface area contributed by atoms with E-state index >= 15 is 0 Å². The average Bonchev–Trinajstić information content (AvgIpc) is 2.66. The minimum atomic E-state index is -4.71. The molecule has 0 N–H and O–H groups in total. The van der Waals surface area contributed by atoms with Crippen LogP contribution < -0.4 is 0 Å². The Morgan fingerprint density at radius 1 is 1.40 bits per heavy atom. The standard InChI is InChI=1S/C12H6BrClF3N3/c13-8-3-1-2-7(4-8)6-20-11(14)9(5-18)10(19-20)12(15,16)17/h1-4H,6H2. The quantitative estimate of drug-likeness (QED) is 0.800. The zero-order valence-corrected chi connectivity index (χ0v) is 12.1.